The minimum atomic E-state index is 0. The van der Waals surface area contributed by atoms with Gasteiger partial charge in [-0.05, 0) is 52.1 Å². The van der Waals surface area contributed by atoms with Crippen LogP contribution in [0.4, 0.5) is 0 Å². The van der Waals surface area contributed by atoms with Crippen LogP contribution in [0.25, 0.3) is 0 Å². The van der Waals surface area contributed by atoms with Crippen molar-refractivity contribution >= 4 is 12.4 Å². The van der Waals surface area contributed by atoms with Gasteiger partial charge in [-0.3, -0.25) is 5.32 Å². The molecule has 0 aromatic rings. The van der Waals surface area contributed by atoms with Crippen molar-refractivity contribution in [1.29, 1.82) is 0 Å². The quantitative estimate of drug-likeness (QED) is 0.760. The SMILES string of the molecule is CC1(C)COC(CC2CCNCC2)N1.Cl. The first kappa shape index (κ1) is 13.2. The van der Waals surface area contributed by atoms with Crippen molar-refractivity contribution in [2.75, 3.05) is 19.7 Å². The van der Waals surface area contributed by atoms with E-state index in [2.05, 4.69) is 24.5 Å². The lowest BCUT2D eigenvalue weighted by molar-refractivity contribution is 0.0729. The number of rotatable bonds is 2. The van der Waals surface area contributed by atoms with E-state index in [9.17, 15) is 0 Å². The van der Waals surface area contributed by atoms with Crippen LogP contribution in [0.2, 0.25) is 0 Å². The molecule has 3 nitrogen and oxygen atoms in total. The maximum absolute atomic E-state index is 5.74. The zero-order chi connectivity index (χ0) is 10.0. The Morgan fingerprint density at radius 3 is 2.47 bits per heavy atom. The van der Waals surface area contributed by atoms with Gasteiger partial charge in [0, 0.05) is 5.54 Å². The molecule has 0 saturated carbocycles. The summed E-state index contributed by atoms with van der Waals surface area (Å²) < 4.78 is 5.74. The standard InChI is InChI=1S/C11H22N2O.ClH/c1-11(2)8-14-10(13-11)7-9-3-5-12-6-4-9;/h9-10,12-13H,3-8H2,1-2H3;1H. The van der Waals surface area contributed by atoms with Crippen LogP contribution in [0.15, 0.2) is 0 Å². The van der Waals surface area contributed by atoms with Crippen molar-refractivity contribution in [1.82, 2.24) is 10.6 Å². The van der Waals surface area contributed by atoms with Crippen molar-refractivity contribution in [3.05, 3.63) is 0 Å². The Morgan fingerprint density at radius 2 is 1.93 bits per heavy atom. The van der Waals surface area contributed by atoms with Crippen LogP contribution in [0.3, 0.4) is 0 Å². The highest BCUT2D eigenvalue weighted by Crippen LogP contribution is 2.23. The van der Waals surface area contributed by atoms with Gasteiger partial charge in [0.25, 0.3) is 0 Å². The van der Waals surface area contributed by atoms with Crippen LogP contribution in [-0.2, 0) is 4.74 Å². The lowest BCUT2D eigenvalue weighted by atomic mass is 9.94. The van der Waals surface area contributed by atoms with E-state index in [-0.39, 0.29) is 17.9 Å². The van der Waals surface area contributed by atoms with Crippen molar-refractivity contribution in [2.45, 2.75) is 44.9 Å². The van der Waals surface area contributed by atoms with E-state index < -0.39 is 0 Å². The Hall–Kier alpha value is 0.170. The Labute approximate surface area is 98.7 Å². The van der Waals surface area contributed by atoms with Crippen LogP contribution in [-0.4, -0.2) is 31.5 Å². The summed E-state index contributed by atoms with van der Waals surface area (Å²) >= 11 is 0. The van der Waals surface area contributed by atoms with Crippen LogP contribution in [0.1, 0.15) is 33.1 Å². The number of hydrogen-bond acceptors (Lipinski definition) is 3. The minimum absolute atomic E-state index is 0. The summed E-state index contributed by atoms with van der Waals surface area (Å²) in [6, 6.07) is 0. The van der Waals surface area contributed by atoms with E-state index in [4.69, 9.17) is 4.74 Å². The molecule has 2 saturated heterocycles. The third kappa shape index (κ3) is 3.91. The Balaban J connectivity index is 0.00000112. The molecule has 15 heavy (non-hydrogen) atoms. The van der Waals surface area contributed by atoms with Gasteiger partial charge < -0.3 is 10.1 Å². The highest BCUT2D eigenvalue weighted by molar-refractivity contribution is 5.85. The molecule has 0 bridgehead atoms. The van der Waals surface area contributed by atoms with Crippen molar-refractivity contribution in [3.8, 4) is 0 Å². The van der Waals surface area contributed by atoms with Gasteiger partial charge in [0.2, 0.25) is 0 Å². The lowest BCUT2D eigenvalue weighted by Gasteiger charge is -2.25. The molecule has 0 spiro atoms. The summed E-state index contributed by atoms with van der Waals surface area (Å²) in [7, 11) is 0. The van der Waals surface area contributed by atoms with Gasteiger partial charge in [-0.15, -0.1) is 12.4 Å². The van der Waals surface area contributed by atoms with Gasteiger partial charge in [0.15, 0.2) is 0 Å². The fraction of sp³-hybridized carbons (Fsp3) is 1.00. The average Bonchev–Trinajstić information content (AvgIpc) is 2.47. The molecule has 2 fully saturated rings. The van der Waals surface area contributed by atoms with Crippen LogP contribution in [0.5, 0.6) is 0 Å². The van der Waals surface area contributed by atoms with Gasteiger partial charge in [-0.1, -0.05) is 0 Å². The molecule has 90 valence electrons. The van der Waals surface area contributed by atoms with Crippen LogP contribution >= 0.6 is 12.4 Å². The highest BCUT2D eigenvalue weighted by atomic mass is 35.5. The molecule has 0 aliphatic carbocycles. The molecule has 2 heterocycles. The fourth-order valence-corrected chi connectivity index (χ4v) is 2.38. The number of nitrogens with one attached hydrogen (secondary N) is 2. The molecule has 2 rings (SSSR count). The fourth-order valence-electron chi connectivity index (χ4n) is 2.38. The zero-order valence-corrected chi connectivity index (χ0v) is 10.5. The average molecular weight is 235 g/mol. The van der Waals surface area contributed by atoms with Crippen LogP contribution in [0, 0.1) is 5.92 Å². The van der Waals surface area contributed by atoms with Gasteiger partial charge in [0.05, 0.1) is 6.61 Å². The second kappa shape index (κ2) is 5.48. The lowest BCUT2D eigenvalue weighted by Crippen LogP contribution is -2.40. The third-order valence-electron chi connectivity index (χ3n) is 3.20. The van der Waals surface area contributed by atoms with E-state index in [1.165, 1.54) is 32.4 Å². The third-order valence-corrected chi connectivity index (χ3v) is 3.20. The summed E-state index contributed by atoms with van der Waals surface area (Å²) in [6.45, 7) is 7.62. The Kier molecular flexibility index (Phi) is 4.84. The van der Waals surface area contributed by atoms with Crippen molar-refractivity contribution in [2.24, 2.45) is 5.92 Å². The molecule has 0 radical (unpaired) electrons. The summed E-state index contributed by atoms with van der Waals surface area (Å²) in [5.41, 5.74) is 0.178. The molecule has 4 heteroatoms. The number of hydrogen-bond donors (Lipinski definition) is 2. The molecular formula is C11H23ClN2O. The number of halogens is 1. The maximum atomic E-state index is 5.74. The van der Waals surface area contributed by atoms with Crippen molar-refractivity contribution in [3.63, 3.8) is 0 Å². The Morgan fingerprint density at radius 1 is 1.27 bits per heavy atom. The minimum Gasteiger partial charge on any atom is -0.361 e. The van der Waals surface area contributed by atoms with E-state index >= 15 is 0 Å². The first-order valence-electron chi connectivity index (χ1n) is 5.76. The molecular weight excluding hydrogens is 212 g/mol. The Bertz CT molecular complexity index is 193. The zero-order valence-electron chi connectivity index (χ0n) is 9.71. The van der Waals surface area contributed by atoms with E-state index in [0.717, 1.165) is 12.5 Å². The molecule has 1 unspecified atom stereocenters. The monoisotopic (exact) mass is 234 g/mol. The van der Waals surface area contributed by atoms with Gasteiger partial charge in [0.1, 0.15) is 6.23 Å². The molecule has 2 aliphatic rings. The normalized spacial score (nSPS) is 31.2. The molecule has 2 N–H and O–H groups in total. The summed E-state index contributed by atoms with van der Waals surface area (Å²) in [6.07, 6.45) is 4.10. The highest BCUT2D eigenvalue weighted by Gasteiger charge is 2.32. The first-order chi connectivity index (χ1) is 6.66. The van der Waals surface area contributed by atoms with Gasteiger partial charge >= 0.3 is 0 Å². The van der Waals surface area contributed by atoms with E-state index in [1.807, 2.05) is 0 Å². The van der Waals surface area contributed by atoms with Gasteiger partial charge in [-0.2, -0.15) is 0 Å². The smallest absolute Gasteiger partial charge is 0.108 e. The number of ether oxygens (including phenoxy) is 1. The van der Waals surface area contributed by atoms with E-state index in [0.29, 0.717) is 6.23 Å². The predicted octanol–water partition coefficient (Wildman–Crippen LogP) is 1.52. The van der Waals surface area contributed by atoms with Crippen LogP contribution < -0.4 is 10.6 Å². The molecule has 0 aromatic carbocycles. The summed E-state index contributed by atoms with van der Waals surface area (Å²) in [5, 5.41) is 6.93. The first-order valence-corrected chi connectivity index (χ1v) is 5.76. The molecule has 0 aromatic heterocycles. The van der Waals surface area contributed by atoms with Crippen molar-refractivity contribution < 1.29 is 4.74 Å². The van der Waals surface area contributed by atoms with Gasteiger partial charge in [-0.25, -0.2) is 0 Å². The topological polar surface area (TPSA) is 33.3 Å². The molecule has 1 atom stereocenters. The number of piperidine rings is 1. The molecule has 0 amide bonds. The molecule has 2 aliphatic heterocycles. The summed E-state index contributed by atoms with van der Waals surface area (Å²) in [5.74, 6) is 0.850. The largest absolute Gasteiger partial charge is 0.361 e. The second-order valence-electron chi connectivity index (χ2n) is 5.26. The van der Waals surface area contributed by atoms with E-state index in [1.54, 1.807) is 0 Å². The predicted molar refractivity (Wildman–Crippen MR) is 64.4 cm³/mol. The second-order valence-corrected chi connectivity index (χ2v) is 5.26. The summed E-state index contributed by atoms with van der Waals surface area (Å²) in [4.78, 5) is 0. The maximum Gasteiger partial charge on any atom is 0.108 e.